The van der Waals surface area contributed by atoms with E-state index in [1.54, 1.807) is 65.9 Å². The van der Waals surface area contributed by atoms with Gasteiger partial charge in [0, 0.05) is 32.7 Å². The van der Waals surface area contributed by atoms with Crippen molar-refractivity contribution in [3.05, 3.63) is 41.7 Å². The van der Waals surface area contributed by atoms with E-state index in [1.165, 1.54) is 16.4 Å². The number of hydrogen-bond acceptors (Lipinski definition) is 5. The second kappa shape index (κ2) is 10.5. The van der Waals surface area contributed by atoms with Gasteiger partial charge in [0.2, 0.25) is 0 Å². The molecule has 2 aliphatic rings. The van der Waals surface area contributed by atoms with E-state index in [9.17, 15) is 27.4 Å². The maximum Gasteiger partial charge on any atom is 0.285 e. The van der Waals surface area contributed by atoms with Crippen molar-refractivity contribution < 1.29 is 27.4 Å². The highest BCUT2D eigenvalue weighted by atomic mass is 32.2. The van der Waals surface area contributed by atoms with E-state index in [0.717, 1.165) is 15.4 Å². The van der Waals surface area contributed by atoms with Crippen LogP contribution in [0.3, 0.4) is 0 Å². The zero-order valence-electron chi connectivity index (χ0n) is 19.8. The van der Waals surface area contributed by atoms with Crippen molar-refractivity contribution in [1.82, 2.24) is 28.1 Å². The first-order chi connectivity index (χ1) is 15.9. The second-order valence-corrected chi connectivity index (χ2v) is 13.6. The lowest BCUT2D eigenvalue weighted by Gasteiger charge is -2.46. The van der Waals surface area contributed by atoms with Gasteiger partial charge in [-0.2, -0.15) is 17.0 Å². The monoisotopic (exact) mass is 518 g/mol. The molecule has 14 heteroatoms. The van der Waals surface area contributed by atoms with Crippen LogP contribution in [0.5, 0.6) is 0 Å². The highest BCUT2D eigenvalue weighted by Gasteiger charge is 2.47. The van der Waals surface area contributed by atoms with Crippen LogP contribution >= 0.6 is 7.59 Å². The van der Waals surface area contributed by atoms with E-state index in [2.05, 4.69) is 0 Å². The molecule has 11 nitrogen and oxygen atoms in total. The van der Waals surface area contributed by atoms with Crippen molar-refractivity contribution in [2.45, 2.75) is 12.5 Å². The van der Waals surface area contributed by atoms with Crippen LogP contribution in [0.2, 0.25) is 0 Å². The Balaban J connectivity index is 1.83. The summed E-state index contributed by atoms with van der Waals surface area (Å²) < 4.78 is 60.8. The third-order valence-corrected chi connectivity index (χ3v) is 11.3. The molecule has 1 fully saturated rings. The number of rotatable bonds is 7. The van der Waals surface area contributed by atoms with Crippen molar-refractivity contribution in [3.8, 4) is 0 Å². The van der Waals surface area contributed by atoms with Gasteiger partial charge in [-0.15, -0.1) is 0 Å². The summed E-state index contributed by atoms with van der Waals surface area (Å²) in [5.41, 5.74) is 3.30. The first-order valence-electron chi connectivity index (χ1n) is 10.8. The van der Waals surface area contributed by atoms with E-state index in [-0.39, 0.29) is 38.5 Å². The second-order valence-electron chi connectivity index (χ2n) is 8.57. The topological polar surface area (TPSA) is 117 Å². The number of hydroxylamine groups is 1. The quantitative estimate of drug-likeness (QED) is 0.311. The molecule has 1 amide bonds. The van der Waals surface area contributed by atoms with Gasteiger partial charge in [0.05, 0.1) is 0 Å². The predicted octanol–water partition coefficient (Wildman–Crippen LogP) is 0.883. The van der Waals surface area contributed by atoms with Crippen LogP contribution < -0.4 is 5.48 Å². The summed E-state index contributed by atoms with van der Waals surface area (Å²) in [6, 6.07) is 4.76. The molecule has 0 saturated carbocycles. The molecule has 190 valence electrons. The summed E-state index contributed by atoms with van der Waals surface area (Å²) in [6.45, 7) is 0.206. The molecule has 2 N–H and O–H groups in total. The van der Waals surface area contributed by atoms with Crippen molar-refractivity contribution >= 4 is 29.3 Å². The van der Waals surface area contributed by atoms with Gasteiger partial charge >= 0.3 is 0 Å². The fraction of sp³-hybridized carbons (Fsp3) is 0.550. The maximum absolute atomic E-state index is 13.6. The lowest BCUT2D eigenvalue weighted by Crippen LogP contribution is -2.63. The van der Waals surface area contributed by atoms with Crippen LogP contribution in [0, 0.1) is 5.82 Å². The third-order valence-electron chi connectivity index (χ3n) is 6.14. The number of nitrogens with zero attached hydrogens (tertiary/aromatic N) is 5. The van der Waals surface area contributed by atoms with Crippen LogP contribution in [-0.2, 0) is 19.6 Å². The van der Waals surface area contributed by atoms with Gasteiger partial charge in [0.15, 0.2) is 0 Å². The Labute approximate surface area is 200 Å². The summed E-state index contributed by atoms with van der Waals surface area (Å²) in [5.74, 6) is -1.23. The van der Waals surface area contributed by atoms with Gasteiger partial charge in [0.1, 0.15) is 11.9 Å². The normalized spacial score (nSPS) is 21.6. The molecule has 0 aliphatic carbocycles. The highest BCUT2D eigenvalue weighted by Crippen LogP contribution is 2.53. The maximum atomic E-state index is 13.6. The van der Waals surface area contributed by atoms with Crippen LogP contribution in [0.25, 0.3) is 5.57 Å². The number of piperazine rings is 1. The molecule has 0 unspecified atom stereocenters. The summed E-state index contributed by atoms with van der Waals surface area (Å²) in [5, 5.41) is 9.29. The predicted molar refractivity (Wildman–Crippen MR) is 126 cm³/mol. The minimum Gasteiger partial charge on any atom is -0.289 e. The van der Waals surface area contributed by atoms with Gasteiger partial charge in [0.25, 0.3) is 23.7 Å². The Hall–Kier alpha value is -1.70. The Morgan fingerprint density at radius 2 is 1.74 bits per heavy atom. The van der Waals surface area contributed by atoms with Crippen molar-refractivity contribution in [3.63, 3.8) is 0 Å². The zero-order chi connectivity index (χ0) is 25.3. The minimum atomic E-state index is -4.06. The number of benzene rings is 1. The Kier molecular flexibility index (Phi) is 8.31. The zero-order valence-corrected chi connectivity index (χ0v) is 21.5. The van der Waals surface area contributed by atoms with Gasteiger partial charge in [-0.1, -0.05) is 18.2 Å². The number of nitrogens with one attached hydrogen (secondary N) is 1. The number of carbonyl (C=O) groups excluding carboxylic acids is 1. The van der Waals surface area contributed by atoms with E-state index in [0.29, 0.717) is 6.42 Å². The van der Waals surface area contributed by atoms with Crippen LogP contribution in [-0.4, -0.2) is 109 Å². The van der Waals surface area contributed by atoms with Gasteiger partial charge in [-0.3, -0.25) is 14.6 Å². The summed E-state index contributed by atoms with van der Waals surface area (Å²) >= 11 is 0. The van der Waals surface area contributed by atoms with E-state index in [4.69, 9.17) is 0 Å². The first-order valence-corrected chi connectivity index (χ1v) is 13.8. The molecule has 0 aromatic heterocycles. The standard InChI is InChI=1S/C20H32FN6O5PS/c1-23(2)33(30,24(3)4)25-13-14-27(19(15-25)20(28)22-29)34(31,32)26-11-9-17(10-12-26)16-5-7-18(21)8-6-16/h5-9,19,29H,10-15H2,1-4H3,(H,22,28)/t19-/m1/s1. The van der Waals surface area contributed by atoms with Gasteiger partial charge < -0.3 is 0 Å². The van der Waals surface area contributed by atoms with E-state index < -0.39 is 29.8 Å². The Morgan fingerprint density at radius 3 is 2.24 bits per heavy atom. The SMILES string of the molecule is CN(C)P(=O)(N(C)C)N1CCN(S(=O)(=O)N2CC=C(c3ccc(F)cc3)CC2)[C@@H](C(=O)NO)C1. The molecule has 2 heterocycles. The molecule has 34 heavy (non-hydrogen) atoms. The average molecular weight is 519 g/mol. The third kappa shape index (κ3) is 5.12. The Bertz CT molecular complexity index is 1070. The van der Waals surface area contributed by atoms with Crippen LogP contribution in [0.1, 0.15) is 12.0 Å². The summed E-state index contributed by atoms with van der Waals surface area (Å²) in [6.07, 6.45) is 2.20. The minimum absolute atomic E-state index is 0.0723. The Morgan fingerprint density at radius 1 is 1.12 bits per heavy atom. The van der Waals surface area contributed by atoms with Gasteiger partial charge in [-0.25, -0.2) is 23.9 Å². The first kappa shape index (κ1) is 26.9. The van der Waals surface area contributed by atoms with Crippen LogP contribution in [0.4, 0.5) is 4.39 Å². The average Bonchev–Trinajstić information content (AvgIpc) is 2.82. The molecule has 1 aromatic rings. The molecule has 1 aromatic carbocycles. The summed E-state index contributed by atoms with van der Waals surface area (Å²) in [7, 11) is -0.654. The van der Waals surface area contributed by atoms with E-state index in [1.807, 2.05) is 0 Å². The lowest BCUT2D eigenvalue weighted by atomic mass is 10.0. The molecule has 0 spiro atoms. The van der Waals surface area contributed by atoms with Crippen molar-refractivity contribution in [2.24, 2.45) is 0 Å². The molecule has 0 bridgehead atoms. The number of carbonyl (C=O) groups is 1. The number of halogens is 1. The summed E-state index contributed by atoms with van der Waals surface area (Å²) in [4.78, 5) is 12.5. The van der Waals surface area contributed by atoms with Crippen molar-refractivity contribution in [2.75, 3.05) is 60.9 Å². The molecule has 1 saturated heterocycles. The molecule has 0 radical (unpaired) electrons. The number of amides is 1. The molecule has 1 atom stereocenters. The fourth-order valence-electron chi connectivity index (χ4n) is 4.35. The smallest absolute Gasteiger partial charge is 0.285 e. The lowest BCUT2D eigenvalue weighted by molar-refractivity contribution is -0.134. The molecule has 3 rings (SSSR count). The fourth-order valence-corrected chi connectivity index (χ4v) is 8.47. The highest BCUT2D eigenvalue weighted by molar-refractivity contribution is 7.86. The van der Waals surface area contributed by atoms with Gasteiger partial charge in [-0.05, 0) is 57.9 Å². The molecular weight excluding hydrogens is 486 g/mol. The molecule has 2 aliphatic heterocycles. The van der Waals surface area contributed by atoms with Crippen LogP contribution in [0.15, 0.2) is 30.3 Å². The molecular formula is C20H32FN6O5PS. The largest absolute Gasteiger partial charge is 0.289 e. The number of hydrogen-bond donors (Lipinski definition) is 2. The van der Waals surface area contributed by atoms with E-state index >= 15 is 0 Å². The van der Waals surface area contributed by atoms with Crippen molar-refractivity contribution in [1.29, 1.82) is 0 Å².